The van der Waals surface area contributed by atoms with Gasteiger partial charge >= 0.3 is 0 Å². The SMILES string of the molecule is Cc1cc(N2CCN(CC3CCOC3)CC2)cc(C)n1. The highest BCUT2D eigenvalue weighted by atomic mass is 16.5. The van der Waals surface area contributed by atoms with Gasteiger partial charge in [-0.15, -0.1) is 0 Å². The summed E-state index contributed by atoms with van der Waals surface area (Å²) in [6, 6.07) is 4.40. The fourth-order valence-corrected chi connectivity index (χ4v) is 3.28. The first kappa shape index (κ1) is 13.8. The van der Waals surface area contributed by atoms with Crippen molar-refractivity contribution in [1.82, 2.24) is 9.88 Å². The molecule has 2 aliphatic rings. The Balaban J connectivity index is 1.55. The standard InChI is InChI=1S/C16H25N3O/c1-13-9-16(10-14(2)17-13)19-6-4-18(5-7-19)11-15-3-8-20-12-15/h9-10,15H,3-8,11-12H2,1-2H3. The maximum Gasteiger partial charge on any atom is 0.0507 e. The second kappa shape index (κ2) is 6.10. The molecule has 1 aromatic rings. The summed E-state index contributed by atoms with van der Waals surface area (Å²) < 4.78 is 5.47. The third-order valence-electron chi connectivity index (χ3n) is 4.34. The average Bonchev–Trinajstić information content (AvgIpc) is 2.91. The molecule has 1 unspecified atom stereocenters. The Morgan fingerprint density at radius 1 is 1.15 bits per heavy atom. The first-order chi connectivity index (χ1) is 9.70. The second-order valence-electron chi connectivity index (χ2n) is 6.13. The number of anilines is 1. The minimum atomic E-state index is 0.756. The normalized spacial score (nSPS) is 24.3. The topological polar surface area (TPSA) is 28.6 Å². The van der Waals surface area contributed by atoms with Crippen molar-refractivity contribution in [2.75, 3.05) is 50.8 Å². The molecule has 0 radical (unpaired) electrons. The van der Waals surface area contributed by atoms with Gasteiger partial charge in [-0.3, -0.25) is 9.88 Å². The van der Waals surface area contributed by atoms with Gasteiger partial charge in [0, 0.05) is 56.4 Å². The van der Waals surface area contributed by atoms with Crippen LogP contribution in [0.25, 0.3) is 0 Å². The predicted octanol–water partition coefficient (Wildman–Crippen LogP) is 1.86. The summed E-state index contributed by atoms with van der Waals surface area (Å²) in [4.78, 5) is 9.54. The molecule has 0 spiro atoms. The molecule has 3 heterocycles. The van der Waals surface area contributed by atoms with Crippen LogP contribution in [0.1, 0.15) is 17.8 Å². The number of piperazine rings is 1. The molecule has 0 bridgehead atoms. The van der Waals surface area contributed by atoms with Gasteiger partial charge in [0.25, 0.3) is 0 Å². The van der Waals surface area contributed by atoms with E-state index in [1.165, 1.54) is 18.7 Å². The number of nitrogens with zero attached hydrogens (tertiary/aromatic N) is 3. The number of rotatable bonds is 3. The first-order valence-electron chi connectivity index (χ1n) is 7.71. The molecule has 2 fully saturated rings. The van der Waals surface area contributed by atoms with Crippen LogP contribution in [-0.4, -0.2) is 55.8 Å². The lowest BCUT2D eigenvalue weighted by molar-refractivity contribution is 0.164. The molecule has 3 rings (SSSR count). The summed E-state index contributed by atoms with van der Waals surface area (Å²) in [6.45, 7) is 11.9. The summed E-state index contributed by atoms with van der Waals surface area (Å²) in [6.07, 6.45) is 1.24. The van der Waals surface area contributed by atoms with Crippen LogP contribution in [-0.2, 0) is 4.74 Å². The molecule has 2 saturated heterocycles. The first-order valence-corrected chi connectivity index (χ1v) is 7.71. The Hall–Kier alpha value is -1.13. The monoisotopic (exact) mass is 275 g/mol. The summed E-state index contributed by atoms with van der Waals surface area (Å²) in [5.41, 5.74) is 3.56. The molecule has 0 amide bonds. The van der Waals surface area contributed by atoms with Crippen LogP contribution < -0.4 is 4.90 Å². The Morgan fingerprint density at radius 2 is 1.85 bits per heavy atom. The molecule has 0 N–H and O–H groups in total. The van der Waals surface area contributed by atoms with Crippen LogP contribution in [0, 0.1) is 19.8 Å². The molecular weight excluding hydrogens is 250 g/mol. The zero-order valence-corrected chi connectivity index (χ0v) is 12.6. The number of aryl methyl sites for hydroxylation is 2. The molecule has 110 valence electrons. The van der Waals surface area contributed by atoms with Gasteiger partial charge in [0.15, 0.2) is 0 Å². The minimum Gasteiger partial charge on any atom is -0.381 e. The second-order valence-corrected chi connectivity index (χ2v) is 6.13. The van der Waals surface area contributed by atoms with E-state index in [1.807, 2.05) is 0 Å². The average molecular weight is 275 g/mol. The Kier molecular flexibility index (Phi) is 4.22. The molecule has 2 aliphatic heterocycles. The van der Waals surface area contributed by atoms with Crippen molar-refractivity contribution in [2.24, 2.45) is 5.92 Å². The lowest BCUT2D eigenvalue weighted by Crippen LogP contribution is -2.48. The molecular formula is C16H25N3O. The van der Waals surface area contributed by atoms with Crippen LogP contribution in [0.3, 0.4) is 0 Å². The van der Waals surface area contributed by atoms with Gasteiger partial charge in [0.1, 0.15) is 0 Å². The van der Waals surface area contributed by atoms with Crippen molar-refractivity contribution < 1.29 is 4.74 Å². The molecule has 4 nitrogen and oxygen atoms in total. The van der Waals surface area contributed by atoms with Crippen LogP contribution in [0.5, 0.6) is 0 Å². The third-order valence-corrected chi connectivity index (χ3v) is 4.34. The maximum atomic E-state index is 5.47. The Bertz CT molecular complexity index is 429. The fraction of sp³-hybridized carbons (Fsp3) is 0.688. The smallest absolute Gasteiger partial charge is 0.0507 e. The van der Waals surface area contributed by atoms with E-state index < -0.39 is 0 Å². The quantitative estimate of drug-likeness (QED) is 0.842. The Morgan fingerprint density at radius 3 is 2.45 bits per heavy atom. The fourth-order valence-electron chi connectivity index (χ4n) is 3.28. The molecule has 0 aliphatic carbocycles. The highest BCUT2D eigenvalue weighted by molar-refractivity contribution is 5.48. The van der Waals surface area contributed by atoms with E-state index in [1.54, 1.807) is 0 Å². The zero-order chi connectivity index (χ0) is 13.9. The van der Waals surface area contributed by atoms with Crippen molar-refractivity contribution in [2.45, 2.75) is 20.3 Å². The summed E-state index contributed by atoms with van der Waals surface area (Å²) in [5.74, 6) is 0.756. The zero-order valence-electron chi connectivity index (χ0n) is 12.6. The van der Waals surface area contributed by atoms with Gasteiger partial charge < -0.3 is 9.64 Å². The van der Waals surface area contributed by atoms with Gasteiger partial charge in [0.05, 0.1) is 6.61 Å². The van der Waals surface area contributed by atoms with E-state index in [2.05, 4.69) is 40.8 Å². The van der Waals surface area contributed by atoms with Crippen molar-refractivity contribution in [1.29, 1.82) is 0 Å². The summed E-state index contributed by atoms with van der Waals surface area (Å²) in [5, 5.41) is 0. The lowest BCUT2D eigenvalue weighted by Gasteiger charge is -2.37. The van der Waals surface area contributed by atoms with E-state index in [9.17, 15) is 0 Å². The lowest BCUT2D eigenvalue weighted by atomic mass is 10.1. The van der Waals surface area contributed by atoms with Crippen molar-refractivity contribution in [3.8, 4) is 0 Å². The van der Waals surface area contributed by atoms with Crippen LogP contribution in [0.2, 0.25) is 0 Å². The van der Waals surface area contributed by atoms with E-state index in [4.69, 9.17) is 4.74 Å². The van der Waals surface area contributed by atoms with Crippen molar-refractivity contribution in [3.05, 3.63) is 23.5 Å². The predicted molar refractivity (Wildman–Crippen MR) is 81.3 cm³/mol. The summed E-state index contributed by atoms with van der Waals surface area (Å²) in [7, 11) is 0. The molecule has 20 heavy (non-hydrogen) atoms. The minimum absolute atomic E-state index is 0.756. The van der Waals surface area contributed by atoms with Crippen molar-refractivity contribution in [3.63, 3.8) is 0 Å². The maximum absolute atomic E-state index is 5.47. The highest BCUT2D eigenvalue weighted by Crippen LogP contribution is 2.20. The third kappa shape index (κ3) is 3.30. The van der Waals surface area contributed by atoms with Gasteiger partial charge in [-0.05, 0) is 38.3 Å². The number of ether oxygens (including phenoxy) is 1. The molecule has 1 aromatic heterocycles. The van der Waals surface area contributed by atoms with Gasteiger partial charge in [-0.1, -0.05) is 0 Å². The van der Waals surface area contributed by atoms with E-state index >= 15 is 0 Å². The van der Waals surface area contributed by atoms with Gasteiger partial charge in [-0.25, -0.2) is 0 Å². The number of pyridine rings is 1. The molecule has 0 aromatic carbocycles. The number of hydrogen-bond donors (Lipinski definition) is 0. The largest absolute Gasteiger partial charge is 0.381 e. The Labute approximate surface area is 121 Å². The molecule has 4 heteroatoms. The highest BCUT2D eigenvalue weighted by Gasteiger charge is 2.23. The van der Waals surface area contributed by atoms with E-state index in [0.717, 1.165) is 56.7 Å². The van der Waals surface area contributed by atoms with Crippen molar-refractivity contribution >= 4 is 5.69 Å². The van der Waals surface area contributed by atoms with Crippen LogP contribution in [0.4, 0.5) is 5.69 Å². The van der Waals surface area contributed by atoms with Crippen LogP contribution >= 0.6 is 0 Å². The number of hydrogen-bond acceptors (Lipinski definition) is 4. The molecule has 0 saturated carbocycles. The molecule has 1 atom stereocenters. The summed E-state index contributed by atoms with van der Waals surface area (Å²) >= 11 is 0. The van der Waals surface area contributed by atoms with E-state index in [0.29, 0.717) is 0 Å². The number of aromatic nitrogens is 1. The van der Waals surface area contributed by atoms with Crippen LogP contribution in [0.15, 0.2) is 12.1 Å². The van der Waals surface area contributed by atoms with Gasteiger partial charge in [-0.2, -0.15) is 0 Å². The van der Waals surface area contributed by atoms with Gasteiger partial charge in [0.2, 0.25) is 0 Å². The van der Waals surface area contributed by atoms with E-state index in [-0.39, 0.29) is 0 Å².